The van der Waals surface area contributed by atoms with E-state index in [2.05, 4.69) is 27.8 Å². The summed E-state index contributed by atoms with van der Waals surface area (Å²) in [5.74, 6) is -0.230. The molecule has 0 bridgehead atoms. The van der Waals surface area contributed by atoms with Crippen LogP contribution in [-0.2, 0) is 5.33 Å². The van der Waals surface area contributed by atoms with Gasteiger partial charge in [0.15, 0.2) is 0 Å². The summed E-state index contributed by atoms with van der Waals surface area (Å²) in [5.41, 5.74) is 3.14. The van der Waals surface area contributed by atoms with Crippen LogP contribution in [0.25, 0.3) is 0 Å². The Labute approximate surface area is 126 Å². The third-order valence-corrected chi connectivity index (χ3v) is 3.78. The average Bonchev–Trinajstić information content (AvgIpc) is 2.42. The third kappa shape index (κ3) is 3.28. The molecule has 2 rings (SSSR count). The quantitative estimate of drug-likeness (QED) is 0.660. The van der Waals surface area contributed by atoms with Gasteiger partial charge in [-0.2, -0.15) is 0 Å². The van der Waals surface area contributed by atoms with Crippen molar-refractivity contribution in [2.24, 2.45) is 0 Å². The van der Waals surface area contributed by atoms with Gasteiger partial charge in [0, 0.05) is 28.3 Å². The van der Waals surface area contributed by atoms with Gasteiger partial charge in [-0.15, -0.1) is 0 Å². The van der Waals surface area contributed by atoms with Gasteiger partial charge in [-0.05, 0) is 48.9 Å². The summed E-state index contributed by atoms with van der Waals surface area (Å²) in [7, 11) is 0. The van der Waals surface area contributed by atoms with Crippen molar-refractivity contribution in [2.45, 2.75) is 12.3 Å². The molecule has 0 atom stereocenters. The summed E-state index contributed by atoms with van der Waals surface area (Å²) < 4.78 is 13.0. The van der Waals surface area contributed by atoms with Gasteiger partial charge in [-0.3, -0.25) is 0 Å². The smallest absolute Gasteiger partial charge is 0.123 e. The zero-order valence-corrected chi connectivity index (χ0v) is 12.9. The molecule has 2 aromatic carbocycles. The zero-order chi connectivity index (χ0) is 13.8. The Hall–Kier alpha value is -1.06. The van der Waals surface area contributed by atoms with Crippen LogP contribution >= 0.6 is 27.5 Å². The monoisotopic (exact) mass is 341 g/mol. The van der Waals surface area contributed by atoms with E-state index in [1.54, 1.807) is 12.1 Å². The molecule has 0 amide bonds. The maximum atomic E-state index is 13.0. The van der Waals surface area contributed by atoms with E-state index in [-0.39, 0.29) is 5.82 Å². The zero-order valence-electron chi connectivity index (χ0n) is 10.5. The maximum absolute atomic E-state index is 13.0. The minimum absolute atomic E-state index is 0.230. The fraction of sp³-hybridized carbons (Fsp3) is 0.200. The lowest BCUT2D eigenvalue weighted by atomic mass is 10.1. The number of hydrogen-bond donors (Lipinski definition) is 0. The fourth-order valence-corrected chi connectivity index (χ4v) is 2.65. The number of hydrogen-bond acceptors (Lipinski definition) is 1. The van der Waals surface area contributed by atoms with Gasteiger partial charge < -0.3 is 4.90 Å². The van der Waals surface area contributed by atoms with Crippen molar-refractivity contribution in [1.29, 1.82) is 0 Å². The minimum atomic E-state index is -0.230. The Balaban J connectivity index is 2.47. The molecule has 19 heavy (non-hydrogen) atoms. The SMILES string of the molecule is CCN(c1ccc(F)cc1)c1cc(Cl)ccc1CBr. The van der Waals surface area contributed by atoms with E-state index in [4.69, 9.17) is 11.6 Å². The predicted molar refractivity (Wildman–Crippen MR) is 83.2 cm³/mol. The third-order valence-electron chi connectivity index (χ3n) is 2.94. The van der Waals surface area contributed by atoms with E-state index in [1.807, 2.05) is 18.2 Å². The Morgan fingerprint density at radius 1 is 1.16 bits per heavy atom. The van der Waals surface area contributed by atoms with Gasteiger partial charge in [-0.25, -0.2) is 4.39 Å². The van der Waals surface area contributed by atoms with E-state index >= 15 is 0 Å². The lowest BCUT2D eigenvalue weighted by Crippen LogP contribution is -2.17. The van der Waals surface area contributed by atoms with E-state index in [0.29, 0.717) is 5.02 Å². The molecule has 0 fully saturated rings. The molecular weight excluding hydrogens is 329 g/mol. The van der Waals surface area contributed by atoms with Gasteiger partial charge >= 0.3 is 0 Å². The van der Waals surface area contributed by atoms with Crippen molar-refractivity contribution in [3.8, 4) is 0 Å². The first-order chi connectivity index (χ1) is 9.15. The van der Waals surface area contributed by atoms with Crippen molar-refractivity contribution in [2.75, 3.05) is 11.4 Å². The second kappa shape index (κ2) is 6.40. The van der Waals surface area contributed by atoms with Gasteiger partial charge in [0.05, 0.1) is 0 Å². The van der Waals surface area contributed by atoms with Crippen molar-refractivity contribution in [3.63, 3.8) is 0 Å². The highest BCUT2D eigenvalue weighted by Crippen LogP contribution is 2.32. The molecule has 2 aromatic rings. The molecule has 0 spiro atoms. The van der Waals surface area contributed by atoms with Crippen LogP contribution in [0.5, 0.6) is 0 Å². The van der Waals surface area contributed by atoms with E-state index in [9.17, 15) is 4.39 Å². The van der Waals surface area contributed by atoms with Crippen molar-refractivity contribution < 1.29 is 4.39 Å². The molecular formula is C15H14BrClFN. The molecule has 0 aliphatic rings. The number of halogens is 3. The highest BCUT2D eigenvalue weighted by Gasteiger charge is 2.12. The summed E-state index contributed by atoms with van der Waals surface area (Å²) in [6.45, 7) is 2.84. The van der Waals surface area contributed by atoms with Crippen LogP contribution in [0.1, 0.15) is 12.5 Å². The molecule has 0 heterocycles. The van der Waals surface area contributed by atoms with Crippen LogP contribution in [-0.4, -0.2) is 6.54 Å². The first-order valence-corrected chi connectivity index (χ1v) is 7.53. The molecule has 0 aliphatic carbocycles. The molecule has 0 N–H and O–H groups in total. The topological polar surface area (TPSA) is 3.24 Å². The van der Waals surface area contributed by atoms with Crippen molar-refractivity contribution >= 4 is 38.9 Å². The molecule has 4 heteroatoms. The Kier molecular flexibility index (Phi) is 4.83. The Bertz CT molecular complexity index is 557. The largest absolute Gasteiger partial charge is 0.341 e. The summed E-state index contributed by atoms with van der Waals surface area (Å²) in [6, 6.07) is 12.3. The Morgan fingerprint density at radius 2 is 1.84 bits per heavy atom. The highest BCUT2D eigenvalue weighted by atomic mass is 79.9. The number of anilines is 2. The van der Waals surface area contributed by atoms with Gasteiger partial charge in [0.1, 0.15) is 5.82 Å². The van der Waals surface area contributed by atoms with Crippen LogP contribution in [0.2, 0.25) is 5.02 Å². The summed E-state index contributed by atoms with van der Waals surface area (Å²) >= 11 is 9.57. The maximum Gasteiger partial charge on any atom is 0.123 e. The molecule has 0 saturated carbocycles. The van der Waals surface area contributed by atoms with Crippen LogP contribution in [0.15, 0.2) is 42.5 Å². The molecule has 1 nitrogen and oxygen atoms in total. The summed E-state index contributed by atoms with van der Waals surface area (Å²) in [5, 5.41) is 1.44. The lowest BCUT2D eigenvalue weighted by molar-refractivity contribution is 0.628. The standard InChI is InChI=1S/C15H14BrClFN/c1-2-19(14-7-5-13(18)6-8-14)15-9-12(17)4-3-11(15)10-16/h3-9H,2,10H2,1H3. The number of alkyl halides is 1. The molecule has 0 aliphatic heterocycles. The highest BCUT2D eigenvalue weighted by molar-refractivity contribution is 9.08. The van der Waals surface area contributed by atoms with Crippen LogP contribution in [0.3, 0.4) is 0 Å². The van der Waals surface area contributed by atoms with E-state index in [1.165, 1.54) is 12.1 Å². The molecule has 0 aromatic heterocycles. The number of nitrogens with zero attached hydrogens (tertiary/aromatic N) is 1. The minimum Gasteiger partial charge on any atom is -0.341 e. The number of benzene rings is 2. The lowest BCUT2D eigenvalue weighted by Gasteiger charge is -2.25. The predicted octanol–water partition coefficient (Wildman–Crippen LogP) is 5.53. The first-order valence-electron chi connectivity index (χ1n) is 6.03. The molecule has 100 valence electrons. The average molecular weight is 343 g/mol. The summed E-state index contributed by atoms with van der Waals surface area (Å²) in [6.07, 6.45) is 0. The van der Waals surface area contributed by atoms with Crippen LogP contribution in [0.4, 0.5) is 15.8 Å². The molecule has 0 saturated heterocycles. The van der Waals surface area contributed by atoms with Crippen LogP contribution < -0.4 is 4.90 Å². The number of rotatable bonds is 4. The van der Waals surface area contributed by atoms with E-state index in [0.717, 1.165) is 28.8 Å². The second-order valence-corrected chi connectivity index (χ2v) is 5.12. The fourth-order valence-electron chi connectivity index (χ4n) is 2.01. The molecule has 0 radical (unpaired) electrons. The Morgan fingerprint density at radius 3 is 2.42 bits per heavy atom. The van der Waals surface area contributed by atoms with Gasteiger partial charge in [0.2, 0.25) is 0 Å². The van der Waals surface area contributed by atoms with Crippen LogP contribution in [0, 0.1) is 5.82 Å². The second-order valence-electron chi connectivity index (χ2n) is 4.13. The van der Waals surface area contributed by atoms with Gasteiger partial charge in [0.25, 0.3) is 0 Å². The van der Waals surface area contributed by atoms with Crippen molar-refractivity contribution in [3.05, 3.63) is 58.9 Å². The molecule has 0 unspecified atom stereocenters. The van der Waals surface area contributed by atoms with E-state index < -0.39 is 0 Å². The first kappa shape index (κ1) is 14.4. The summed E-state index contributed by atoms with van der Waals surface area (Å²) in [4.78, 5) is 2.11. The van der Waals surface area contributed by atoms with Gasteiger partial charge in [-0.1, -0.05) is 33.6 Å². The van der Waals surface area contributed by atoms with Crippen molar-refractivity contribution in [1.82, 2.24) is 0 Å². The normalized spacial score (nSPS) is 10.5.